The van der Waals surface area contributed by atoms with Gasteiger partial charge in [-0.05, 0) is 17.7 Å². The molecule has 1 N–H and O–H groups in total. The van der Waals surface area contributed by atoms with Crippen molar-refractivity contribution in [1.29, 1.82) is 0 Å². The van der Waals surface area contributed by atoms with Crippen molar-refractivity contribution in [3.8, 4) is 0 Å². The van der Waals surface area contributed by atoms with E-state index in [1.165, 1.54) is 5.56 Å². The van der Waals surface area contributed by atoms with Gasteiger partial charge in [-0.2, -0.15) is 0 Å². The van der Waals surface area contributed by atoms with E-state index in [0.29, 0.717) is 6.42 Å². The summed E-state index contributed by atoms with van der Waals surface area (Å²) in [7, 11) is 0. The van der Waals surface area contributed by atoms with Gasteiger partial charge in [0.15, 0.2) is 0 Å². The molecule has 1 aromatic rings. The summed E-state index contributed by atoms with van der Waals surface area (Å²) in [6.07, 6.45) is 5.01. The Hall–Kier alpha value is -1.22. The average molecular weight is 164 g/mol. The number of hydrogen-bond acceptors (Lipinski definition) is 3. The van der Waals surface area contributed by atoms with Crippen molar-refractivity contribution in [1.82, 2.24) is 10.3 Å². The zero-order valence-electron chi connectivity index (χ0n) is 6.86. The molecule has 0 saturated heterocycles. The minimum absolute atomic E-state index is 0.574. The van der Waals surface area contributed by atoms with Crippen molar-refractivity contribution in [3.63, 3.8) is 0 Å². The standard InChI is InChI=1S/C9H12N2O/c12-7-1-4-11-8-9-2-5-10-6-3-9/h2-3,5-7,11H,1,4,8H2. The monoisotopic (exact) mass is 164 g/mol. The number of carbonyl (C=O) groups is 1. The molecule has 12 heavy (non-hydrogen) atoms. The van der Waals surface area contributed by atoms with E-state index in [-0.39, 0.29) is 0 Å². The van der Waals surface area contributed by atoms with Gasteiger partial charge in [0.05, 0.1) is 0 Å². The van der Waals surface area contributed by atoms with Gasteiger partial charge in [-0.1, -0.05) is 0 Å². The molecule has 1 rings (SSSR count). The van der Waals surface area contributed by atoms with Crippen LogP contribution in [0.5, 0.6) is 0 Å². The molecule has 0 fully saturated rings. The molecular formula is C9H12N2O. The highest BCUT2D eigenvalue weighted by Crippen LogP contribution is 1.94. The fourth-order valence-corrected chi connectivity index (χ4v) is 0.894. The van der Waals surface area contributed by atoms with Crippen LogP contribution in [0.3, 0.4) is 0 Å². The maximum absolute atomic E-state index is 9.97. The van der Waals surface area contributed by atoms with Crippen LogP contribution < -0.4 is 5.32 Å². The second kappa shape index (κ2) is 5.43. The molecule has 3 nitrogen and oxygen atoms in total. The van der Waals surface area contributed by atoms with Crippen molar-refractivity contribution in [2.45, 2.75) is 13.0 Å². The van der Waals surface area contributed by atoms with Gasteiger partial charge in [0.2, 0.25) is 0 Å². The Morgan fingerprint density at radius 1 is 1.42 bits per heavy atom. The van der Waals surface area contributed by atoms with Crippen LogP contribution in [0.4, 0.5) is 0 Å². The fraction of sp³-hybridized carbons (Fsp3) is 0.333. The minimum atomic E-state index is 0.574. The Morgan fingerprint density at radius 2 is 2.17 bits per heavy atom. The van der Waals surface area contributed by atoms with E-state index in [2.05, 4.69) is 10.3 Å². The first-order valence-corrected chi connectivity index (χ1v) is 3.97. The van der Waals surface area contributed by atoms with Crippen LogP contribution in [0.25, 0.3) is 0 Å². The molecule has 0 aliphatic heterocycles. The molecule has 3 heteroatoms. The average Bonchev–Trinajstić information content (AvgIpc) is 2.14. The number of aromatic nitrogens is 1. The Morgan fingerprint density at radius 3 is 2.83 bits per heavy atom. The molecule has 0 aromatic carbocycles. The first-order chi connectivity index (χ1) is 5.93. The number of rotatable bonds is 5. The van der Waals surface area contributed by atoms with Crippen LogP contribution >= 0.6 is 0 Å². The molecule has 0 spiro atoms. The summed E-state index contributed by atoms with van der Waals surface area (Å²) < 4.78 is 0. The molecule has 1 aromatic heterocycles. The molecule has 1 heterocycles. The quantitative estimate of drug-likeness (QED) is 0.516. The summed E-state index contributed by atoms with van der Waals surface area (Å²) in [6, 6.07) is 3.90. The second-order valence-corrected chi connectivity index (χ2v) is 2.49. The van der Waals surface area contributed by atoms with Crippen LogP contribution in [0.1, 0.15) is 12.0 Å². The molecule has 0 aliphatic carbocycles. The molecule has 0 amide bonds. The first kappa shape index (κ1) is 8.87. The number of nitrogens with zero attached hydrogens (tertiary/aromatic N) is 1. The topological polar surface area (TPSA) is 42.0 Å². The number of carbonyl (C=O) groups excluding carboxylic acids is 1. The largest absolute Gasteiger partial charge is 0.312 e. The summed E-state index contributed by atoms with van der Waals surface area (Å²) in [6.45, 7) is 1.54. The predicted octanol–water partition coefficient (Wildman–Crippen LogP) is 0.760. The van der Waals surface area contributed by atoms with Gasteiger partial charge >= 0.3 is 0 Å². The molecule has 0 aliphatic rings. The van der Waals surface area contributed by atoms with Crippen LogP contribution in [-0.2, 0) is 11.3 Å². The molecule has 0 unspecified atom stereocenters. The van der Waals surface area contributed by atoms with Crippen molar-refractivity contribution < 1.29 is 4.79 Å². The Bertz CT molecular complexity index is 223. The van der Waals surface area contributed by atoms with E-state index in [0.717, 1.165) is 19.4 Å². The lowest BCUT2D eigenvalue weighted by atomic mass is 10.3. The third-order valence-corrected chi connectivity index (χ3v) is 1.52. The summed E-state index contributed by atoms with van der Waals surface area (Å²) in [4.78, 5) is 13.9. The Kier molecular flexibility index (Phi) is 4.02. The smallest absolute Gasteiger partial charge is 0.121 e. The number of hydrogen-bond donors (Lipinski definition) is 1. The SMILES string of the molecule is O=CCCNCc1ccncc1. The third kappa shape index (κ3) is 3.25. The van der Waals surface area contributed by atoms with Crippen molar-refractivity contribution in [2.24, 2.45) is 0 Å². The predicted molar refractivity (Wildman–Crippen MR) is 46.6 cm³/mol. The highest BCUT2D eigenvalue weighted by molar-refractivity contribution is 5.49. The number of pyridine rings is 1. The molecule has 0 radical (unpaired) electrons. The van der Waals surface area contributed by atoms with Gasteiger partial charge in [-0.15, -0.1) is 0 Å². The normalized spacial score (nSPS) is 9.67. The molecule has 64 valence electrons. The van der Waals surface area contributed by atoms with Gasteiger partial charge in [0.25, 0.3) is 0 Å². The lowest BCUT2D eigenvalue weighted by Crippen LogP contribution is -2.14. The Balaban J connectivity index is 2.20. The van der Waals surface area contributed by atoms with Gasteiger partial charge in [-0.3, -0.25) is 4.98 Å². The molecule has 0 atom stereocenters. The first-order valence-electron chi connectivity index (χ1n) is 3.97. The summed E-state index contributed by atoms with van der Waals surface area (Å²) in [5, 5.41) is 3.14. The van der Waals surface area contributed by atoms with E-state index >= 15 is 0 Å². The van der Waals surface area contributed by atoms with Crippen LogP contribution in [0, 0.1) is 0 Å². The lowest BCUT2D eigenvalue weighted by molar-refractivity contribution is -0.107. The maximum Gasteiger partial charge on any atom is 0.121 e. The van der Waals surface area contributed by atoms with Gasteiger partial charge in [-0.25, -0.2) is 0 Å². The third-order valence-electron chi connectivity index (χ3n) is 1.52. The van der Waals surface area contributed by atoms with Gasteiger partial charge in [0, 0.05) is 31.9 Å². The van der Waals surface area contributed by atoms with E-state index in [4.69, 9.17) is 0 Å². The number of aldehydes is 1. The zero-order chi connectivity index (χ0) is 8.65. The van der Waals surface area contributed by atoms with E-state index in [1.54, 1.807) is 12.4 Å². The second-order valence-electron chi connectivity index (χ2n) is 2.49. The van der Waals surface area contributed by atoms with E-state index in [1.807, 2.05) is 12.1 Å². The fourth-order valence-electron chi connectivity index (χ4n) is 0.894. The zero-order valence-corrected chi connectivity index (χ0v) is 6.86. The summed E-state index contributed by atoms with van der Waals surface area (Å²) >= 11 is 0. The number of nitrogens with one attached hydrogen (secondary N) is 1. The lowest BCUT2D eigenvalue weighted by Gasteiger charge is -2.00. The molecular weight excluding hydrogens is 152 g/mol. The minimum Gasteiger partial charge on any atom is -0.312 e. The highest BCUT2D eigenvalue weighted by atomic mass is 16.1. The highest BCUT2D eigenvalue weighted by Gasteiger charge is 1.89. The molecule has 0 bridgehead atoms. The maximum atomic E-state index is 9.97. The van der Waals surface area contributed by atoms with E-state index in [9.17, 15) is 4.79 Å². The van der Waals surface area contributed by atoms with E-state index < -0.39 is 0 Å². The van der Waals surface area contributed by atoms with Crippen LogP contribution in [-0.4, -0.2) is 17.8 Å². The van der Waals surface area contributed by atoms with Gasteiger partial charge in [0.1, 0.15) is 6.29 Å². The Labute approximate surface area is 71.8 Å². The summed E-state index contributed by atoms with van der Waals surface area (Å²) in [5.41, 5.74) is 1.19. The summed E-state index contributed by atoms with van der Waals surface area (Å²) in [5.74, 6) is 0. The van der Waals surface area contributed by atoms with Crippen molar-refractivity contribution in [2.75, 3.05) is 6.54 Å². The van der Waals surface area contributed by atoms with Crippen LogP contribution in [0.2, 0.25) is 0 Å². The van der Waals surface area contributed by atoms with Crippen LogP contribution in [0.15, 0.2) is 24.5 Å². The van der Waals surface area contributed by atoms with Crippen molar-refractivity contribution >= 4 is 6.29 Å². The molecule has 0 saturated carbocycles. The van der Waals surface area contributed by atoms with Crippen molar-refractivity contribution in [3.05, 3.63) is 30.1 Å². The van der Waals surface area contributed by atoms with Gasteiger partial charge < -0.3 is 10.1 Å².